The van der Waals surface area contributed by atoms with E-state index in [-0.39, 0.29) is 12.1 Å². The van der Waals surface area contributed by atoms with E-state index >= 15 is 0 Å². The van der Waals surface area contributed by atoms with Crippen LogP contribution in [0.1, 0.15) is 42.3 Å². The van der Waals surface area contributed by atoms with Crippen LogP contribution in [0, 0.1) is 0 Å². The van der Waals surface area contributed by atoms with Gasteiger partial charge in [-0.3, -0.25) is 0 Å². The Bertz CT molecular complexity index is 520. The molecule has 1 aromatic carbocycles. The number of ether oxygens (including phenoxy) is 1. The predicted octanol–water partition coefficient (Wildman–Crippen LogP) is 2.16. The van der Waals surface area contributed by atoms with Crippen molar-refractivity contribution >= 4 is 0 Å². The lowest BCUT2D eigenvalue weighted by molar-refractivity contribution is 0.103. The molecule has 2 N–H and O–H groups in total. The van der Waals surface area contributed by atoms with Gasteiger partial charge in [0.05, 0.1) is 6.04 Å². The van der Waals surface area contributed by atoms with Crippen molar-refractivity contribution in [2.75, 3.05) is 6.61 Å². The summed E-state index contributed by atoms with van der Waals surface area (Å²) in [7, 11) is 0. The lowest BCUT2D eigenvalue weighted by Gasteiger charge is -2.06. The SMILES string of the molecule is N[C@H](Cc1ccccc1)c1nc(C2CCCO2)no1. The van der Waals surface area contributed by atoms with Crippen molar-refractivity contribution in [2.24, 2.45) is 5.73 Å². The Hall–Kier alpha value is -1.72. The zero-order valence-corrected chi connectivity index (χ0v) is 10.7. The smallest absolute Gasteiger partial charge is 0.243 e. The average Bonchev–Trinajstić information content (AvgIpc) is 3.11. The molecule has 0 aliphatic carbocycles. The molecular formula is C14H17N3O2. The fourth-order valence-electron chi connectivity index (χ4n) is 2.27. The van der Waals surface area contributed by atoms with Gasteiger partial charge in [0.15, 0.2) is 0 Å². The monoisotopic (exact) mass is 259 g/mol. The van der Waals surface area contributed by atoms with E-state index in [1.54, 1.807) is 0 Å². The molecule has 1 aliphatic heterocycles. The molecule has 2 atom stereocenters. The van der Waals surface area contributed by atoms with Crippen molar-refractivity contribution < 1.29 is 9.26 Å². The van der Waals surface area contributed by atoms with Gasteiger partial charge in [0, 0.05) is 6.61 Å². The number of hydrogen-bond acceptors (Lipinski definition) is 5. The van der Waals surface area contributed by atoms with Gasteiger partial charge in [-0.05, 0) is 24.8 Å². The molecule has 5 nitrogen and oxygen atoms in total. The van der Waals surface area contributed by atoms with Crippen molar-refractivity contribution in [3.05, 3.63) is 47.6 Å². The van der Waals surface area contributed by atoms with Gasteiger partial charge in [-0.15, -0.1) is 0 Å². The van der Waals surface area contributed by atoms with Gasteiger partial charge in [-0.25, -0.2) is 0 Å². The number of hydrogen-bond donors (Lipinski definition) is 1. The first-order valence-electron chi connectivity index (χ1n) is 6.57. The Morgan fingerprint density at radius 1 is 1.32 bits per heavy atom. The van der Waals surface area contributed by atoms with E-state index in [9.17, 15) is 0 Å². The standard InChI is InChI=1S/C14H17N3O2/c15-11(9-10-5-2-1-3-6-10)14-16-13(17-19-14)12-7-4-8-18-12/h1-3,5-6,11-12H,4,7-9,15H2/t11-,12?/m1/s1. The minimum absolute atomic E-state index is 0.0265. The fourth-order valence-corrected chi connectivity index (χ4v) is 2.27. The summed E-state index contributed by atoms with van der Waals surface area (Å²) in [6, 6.07) is 9.78. The van der Waals surface area contributed by atoms with Crippen molar-refractivity contribution in [1.82, 2.24) is 10.1 Å². The third kappa shape index (κ3) is 2.83. The van der Waals surface area contributed by atoms with Crippen LogP contribution in [0.4, 0.5) is 0 Å². The normalized spacial score (nSPS) is 20.6. The molecule has 1 aromatic heterocycles. The van der Waals surface area contributed by atoms with Gasteiger partial charge < -0.3 is 15.0 Å². The van der Waals surface area contributed by atoms with Gasteiger partial charge in [0.25, 0.3) is 0 Å². The van der Waals surface area contributed by atoms with Crippen LogP contribution in [0.2, 0.25) is 0 Å². The molecule has 19 heavy (non-hydrogen) atoms. The van der Waals surface area contributed by atoms with E-state index < -0.39 is 0 Å². The molecule has 5 heteroatoms. The topological polar surface area (TPSA) is 74.2 Å². The van der Waals surface area contributed by atoms with Gasteiger partial charge in [-0.2, -0.15) is 4.98 Å². The molecule has 0 saturated carbocycles. The summed E-state index contributed by atoms with van der Waals surface area (Å²) in [5.74, 6) is 1.10. The van der Waals surface area contributed by atoms with E-state index in [4.69, 9.17) is 15.0 Å². The molecule has 1 aliphatic rings. The van der Waals surface area contributed by atoms with E-state index in [2.05, 4.69) is 10.1 Å². The zero-order valence-electron chi connectivity index (χ0n) is 10.7. The molecule has 0 bridgehead atoms. The van der Waals surface area contributed by atoms with E-state index in [1.807, 2.05) is 30.3 Å². The van der Waals surface area contributed by atoms with Crippen LogP contribution in [0.25, 0.3) is 0 Å². The highest BCUT2D eigenvalue weighted by Crippen LogP contribution is 2.27. The molecule has 100 valence electrons. The lowest BCUT2D eigenvalue weighted by Crippen LogP contribution is -2.14. The second-order valence-corrected chi connectivity index (χ2v) is 4.79. The third-order valence-corrected chi connectivity index (χ3v) is 3.29. The first-order valence-corrected chi connectivity index (χ1v) is 6.57. The molecule has 2 aromatic rings. The lowest BCUT2D eigenvalue weighted by atomic mass is 10.1. The van der Waals surface area contributed by atoms with Gasteiger partial charge in [0.1, 0.15) is 6.10 Å². The number of nitrogens with zero attached hydrogens (tertiary/aromatic N) is 2. The predicted molar refractivity (Wildman–Crippen MR) is 69.3 cm³/mol. The summed E-state index contributed by atoms with van der Waals surface area (Å²) in [4.78, 5) is 4.36. The van der Waals surface area contributed by atoms with Crippen LogP contribution in [-0.2, 0) is 11.2 Å². The van der Waals surface area contributed by atoms with E-state index in [0.29, 0.717) is 18.1 Å². The summed E-state index contributed by atoms with van der Waals surface area (Å²) in [5, 5.41) is 3.97. The summed E-state index contributed by atoms with van der Waals surface area (Å²) in [6.45, 7) is 0.768. The minimum Gasteiger partial charge on any atom is -0.370 e. The highest BCUT2D eigenvalue weighted by atomic mass is 16.5. The maximum absolute atomic E-state index is 6.10. The highest BCUT2D eigenvalue weighted by molar-refractivity contribution is 5.16. The summed E-state index contributed by atoms with van der Waals surface area (Å²) < 4.78 is 10.8. The Morgan fingerprint density at radius 3 is 2.89 bits per heavy atom. The van der Waals surface area contributed by atoms with E-state index in [1.165, 1.54) is 0 Å². The first kappa shape index (κ1) is 12.3. The number of aromatic nitrogens is 2. The first-order chi connectivity index (χ1) is 9.33. The highest BCUT2D eigenvalue weighted by Gasteiger charge is 2.24. The van der Waals surface area contributed by atoms with Gasteiger partial charge in [-0.1, -0.05) is 35.5 Å². The molecule has 0 amide bonds. The fraction of sp³-hybridized carbons (Fsp3) is 0.429. The van der Waals surface area contributed by atoms with Crippen LogP contribution in [-0.4, -0.2) is 16.7 Å². The van der Waals surface area contributed by atoms with Gasteiger partial charge in [0.2, 0.25) is 11.7 Å². The Balaban J connectivity index is 1.68. The summed E-state index contributed by atoms with van der Waals surface area (Å²) in [6.07, 6.45) is 2.66. The molecule has 1 fully saturated rings. The molecule has 0 spiro atoms. The van der Waals surface area contributed by atoms with Crippen molar-refractivity contribution in [2.45, 2.75) is 31.4 Å². The molecule has 0 radical (unpaired) electrons. The van der Waals surface area contributed by atoms with Crippen molar-refractivity contribution in [3.63, 3.8) is 0 Å². The molecular weight excluding hydrogens is 242 g/mol. The summed E-state index contributed by atoms with van der Waals surface area (Å²) >= 11 is 0. The molecule has 1 saturated heterocycles. The Kier molecular flexibility index (Phi) is 3.57. The number of benzene rings is 1. The van der Waals surface area contributed by atoms with Gasteiger partial charge >= 0.3 is 0 Å². The maximum atomic E-state index is 6.10. The molecule has 3 rings (SSSR count). The quantitative estimate of drug-likeness (QED) is 0.910. The van der Waals surface area contributed by atoms with Crippen LogP contribution in [0.5, 0.6) is 0 Å². The third-order valence-electron chi connectivity index (χ3n) is 3.29. The van der Waals surface area contributed by atoms with Crippen molar-refractivity contribution in [1.29, 1.82) is 0 Å². The Morgan fingerprint density at radius 2 is 2.16 bits per heavy atom. The largest absolute Gasteiger partial charge is 0.370 e. The van der Waals surface area contributed by atoms with Crippen LogP contribution >= 0.6 is 0 Å². The summed E-state index contributed by atoms with van der Waals surface area (Å²) in [5.41, 5.74) is 7.26. The second-order valence-electron chi connectivity index (χ2n) is 4.79. The molecule has 1 unspecified atom stereocenters. The van der Waals surface area contributed by atoms with E-state index in [0.717, 1.165) is 25.0 Å². The van der Waals surface area contributed by atoms with Crippen LogP contribution < -0.4 is 5.73 Å². The van der Waals surface area contributed by atoms with Crippen LogP contribution in [0.3, 0.4) is 0 Å². The number of rotatable bonds is 4. The maximum Gasteiger partial charge on any atom is 0.243 e. The average molecular weight is 259 g/mol. The minimum atomic E-state index is -0.273. The van der Waals surface area contributed by atoms with Crippen LogP contribution in [0.15, 0.2) is 34.9 Å². The molecule has 2 heterocycles. The second kappa shape index (κ2) is 5.50. The zero-order chi connectivity index (χ0) is 13.1. The Labute approximate surface area is 111 Å². The van der Waals surface area contributed by atoms with Crippen molar-refractivity contribution in [3.8, 4) is 0 Å². The number of nitrogens with two attached hydrogens (primary N) is 1.